The first-order chi connectivity index (χ1) is 12.5. The van der Waals surface area contributed by atoms with E-state index in [2.05, 4.69) is 19.8 Å². The molecule has 0 spiro atoms. The van der Waals surface area contributed by atoms with E-state index in [-0.39, 0.29) is 0 Å². The summed E-state index contributed by atoms with van der Waals surface area (Å²) < 4.78 is 23.3. The summed E-state index contributed by atoms with van der Waals surface area (Å²) >= 11 is 0. The van der Waals surface area contributed by atoms with Crippen LogP contribution in [0.3, 0.4) is 0 Å². The fraction of sp³-hybridized carbons (Fsp3) is 0.474. The van der Waals surface area contributed by atoms with Crippen molar-refractivity contribution < 1.29 is 8.42 Å². The van der Waals surface area contributed by atoms with Gasteiger partial charge in [0.25, 0.3) is 0 Å². The number of aromatic nitrogens is 2. The van der Waals surface area contributed by atoms with Crippen LogP contribution in [-0.4, -0.2) is 55.2 Å². The van der Waals surface area contributed by atoms with Gasteiger partial charge in [-0.3, -0.25) is 4.90 Å². The summed E-state index contributed by atoms with van der Waals surface area (Å²) in [5.41, 5.74) is 1.16. The number of hydrogen-bond acceptors (Lipinski definition) is 6. The molecule has 3 saturated heterocycles. The summed E-state index contributed by atoms with van der Waals surface area (Å²) in [5.74, 6) is 1.44. The Morgan fingerprint density at radius 3 is 2.46 bits per heavy atom. The summed E-state index contributed by atoms with van der Waals surface area (Å²) in [6.45, 7) is 3.88. The molecule has 26 heavy (non-hydrogen) atoms. The van der Waals surface area contributed by atoms with E-state index in [4.69, 9.17) is 0 Å². The van der Waals surface area contributed by atoms with Crippen LogP contribution in [-0.2, 0) is 16.4 Å². The van der Waals surface area contributed by atoms with Crippen LogP contribution < -0.4 is 4.90 Å². The lowest BCUT2D eigenvalue weighted by atomic mass is 9.94. The van der Waals surface area contributed by atoms with Gasteiger partial charge < -0.3 is 4.90 Å². The molecule has 138 valence electrons. The smallest absolute Gasteiger partial charge is 0.225 e. The van der Waals surface area contributed by atoms with Gasteiger partial charge in [-0.25, -0.2) is 18.4 Å². The number of benzene rings is 1. The third-order valence-corrected chi connectivity index (χ3v) is 6.53. The molecule has 3 aliphatic heterocycles. The summed E-state index contributed by atoms with van der Waals surface area (Å²) in [7, 11) is -3.14. The molecule has 0 saturated carbocycles. The highest BCUT2D eigenvalue weighted by Crippen LogP contribution is 2.30. The highest BCUT2D eigenvalue weighted by molar-refractivity contribution is 7.90. The number of rotatable bonds is 4. The first-order valence-corrected chi connectivity index (χ1v) is 10.9. The van der Waals surface area contributed by atoms with Gasteiger partial charge in [0.2, 0.25) is 5.95 Å². The molecule has 0 N–H and O–H groups in total. The van der Waals surface area contributed by atoms with Crippen LogP contribution in [0, 0.1) is 5.92 Å². The molecule has 6 nitrogen and oxygen atoms in total. The van der Waals surface area contributed by atoms with Gasteiger partial charge in [0.1, 0.15) is 0 Å². The van der Waals surface area contributed by atoms with Crippen LogP contribution in [0.25, 0.3) is 0 Å². The van der Waals surface area contributed by atoms with E-state index in [1.807, 2.05) is 18.2 Å². The maximum atomic E-state index is 11.6. The quantitative estimate of drug-likeness (QED) is 0.818. The molecule has 1 aromatic carbocycles. The normalized spacial score (nSPS) is 23.8. The summed E-state index contributed by atoms with van der Waals surface area (Å²) in [6.07, 6.45) is 7.29. The Hall–Kier alpha value is -1.99. The van der Waals surface area contributed by atoms with Gasteiger partial charge >= 0.3 is 0 Å². The number of nitrogens with zero attached hydrogens (tertiary/aromatic N) is 4. The molecule has 3 aliphatic rings. The standard InChI is InChI=1S/C19H24N4O2S/c1-26(24,25)18-7-4-15(5-8-18)11-22-12-16-3-6-17(22)14-23(13-16)19-20-9-2-10-21-19/h2,4-5,7-10,16-17H,3,6,11-14H2,1H3/t16-,17-/m0/s1. The summed E-state index contributed by atoms with van der Waals surface area (Å²) in [6, 6.07) is 9.63. The van der Waals surface area contributed by atoms with Crippen LogP contribution >= 0.6 is 0 Å². The number of hydrogen-bond donors (Lipinski definition) is 0. The average Bonchev–Trinajstić information content (AvgIpc) is 2.94. The van der Waals surface area contributed by atoms with E-state index < -0.39 is 9.84 Å². The highest BCUT2D eigenvalue weighted by atomic mass is 32.2. The minimum atomic E-state index is -3.14. The molecule has 2 bridgehead atoms. The first-order valence-electron chi connectivity index (χ1n) is 9.04. The lowest BCUT2D eigenvalue weighted by molar-refractivity contribution is 0.126. The fourth-order valence-corrected chi connectivity index (χ4v) is 4.70. The van der Waals surface area contributed by atoms with Crippen LogP contribution in [0.4, 0.5) is 5.95 Å². The van der Waals surface area contributed by atoms with Gasteiger partial charge in [-0.05, 0) is 42.5 Å². The second-order valence-electron chi connectivity index (χ2n) is 7.40. The second-order valence-corrected chi connectivity index (χ2v) is 9.41. The van der Waals surface area contributed by atoms with E-state index in [1.165, 1.54) is 19.1 Å². The third-order valence-electron chi connectivity index (χ3n) is 5.40. The zero-order valence-corrected chi connectivity index (χ0v) is 15.8. The van der Waals surface area contributed by atoms with Gasteiger partial charge in [-0.15, -0.1) is 0 Å². The number of sulfone groups is 1. The van der Waals surface area contributed by atoms with E-state index in [9.17, 15) is 8.42 Å². The Morgan fingerprint density at radius 1 is 1.04 bits per heavy atom. The first kappa shape index (κ1) is 17.4. The van der Waals surface area contributed by atoms with Crippen LogP contribution in [0.2, 0.25) is 0 Å². The van der Waals surface area contributed by atoms with Crippen LogP contribution in [0.1, 0.15) is 18.4 Å². The maximum Gasteiger partial charge on any atom is 0.225 e. The van der Waals surface area contributed by atoms with Gasteiger partial charge in [0, 0.05) is 50.9 Å². The van der Waals surface area contributed by atoms with Crippen molar-refractivity contribution in [3.05, 3.63) is 48.3 Å². The van der Waals surface area contributed by atoms with Crippen molar-refractivity contribution in [2.24, 2.45) is 5.92 Å². The Morgan fingerprint density at radius 2 is 1.77 bits per heavy atom. The Balaban J connectivity index is 1.49. The topological polar surface area (TPSA) is 66.4 Å². The fourth-order valence-electron chi connectivity index (χ4n) is 4.07. The molecule has 4 heterocycles. The molecule has 0 aliphatic carbocycles. The number of piperidine rings is 1. The molecule has 0 amide bonds. The van der Waals surface area contributed by atoms with Crippen molar-refractivity contribution in [2.45, 2.75) is 30.3 Å². The minimum Gasteiger partial charge on any atom is -0.339 e. The molecular formula is C19H24N4O2S. The second kappa shape index (κ2) is 6.96. The highest BCUT2D eigenvalue weighted by Gasteiger charge is 2.35. The maximum absolute atomic E-state index is 11.6. The molecule has 0 radical (unpaired) electrons. The zero-order valence-electron chi connectivity index (χ0n) is 15.0. The lowest BCUT2D eigenvalue weighted by Crippen LogP contribution is -2.43. The molecule has 5 rings (SSSR count). The average molecular weight is 372 g/mol. The van der Waals surface area contributed by atoms with Gasteiger partial charge in [0.05, 0.1) is 4.90 Å². The number of anilines is 1. The SMILES string of the molecule is CS(=O)(=O)c1ccc(CN2C[C@@H]3CC[C@H]2CN(c2ncccn2)C3)cc1. The van der Waals surface area contributed by atoms with Crippen molar-refractivity contribution >= 4 is 15.8 Å². The molecule has 7 heteroatoms. The Kier molecular flexibility index (Phi) is 4.67. The van der Waals surface area contributed by atoms with Crippen molar-refractivity contribution in [3.63, 3.8) is 0 Å². The van der Waals surface area contributed by atoms with Gasteiger partial charge in [0.15, 0.2) is 9.84 Å². The van der Waals surface area contributed by atoms with Gasteiger partial charge in [-0.2, -0.15) is 0 Å². The zero-order chi connectivity index (χ0) is 18.1. The summed E-state index contributed by atoms with van der Waals surface area (Å²) in [5, 5.41) is 0. The largest absolute Gasteiger partial charge is 0.339 e. The molecular weight excluding hydrogens is 348 g/mol. The van der Waals surface area contributed by atoms with E-state index >= 15 is 0 Å². The molecule has 0 unspecified atom stereocenters. The van der Waals surface area contributed by atoms with E-state index in [0.717, 1.165) is 37.7 Å². The van der Waals surface area contributed by atoms with Gasteiger partial charge in [-0.1, -0.05) is 12.1 Å². The predicted molar refractivity (Wildman–Crippen MR) is 101 cm³/mol. The van der Waals surface area contributed by atoms with E-state index in [1.54, 1.807) is 24.5 Å². The van der Waals surface area contributed by atoms with E-state index in [0.29, 0.717) is 16.9 Å². The predicted octanol–water partition coefficient (Wildman–Crippen LogP) is 1.98. The minimum absolute atomic E-state index is 0.381. The molecule has 1 aromatic heterocycles. The van der Waals surface area contributed by atoms with Crippen molar-refractivity contribution in [3.8, 4) is 0 Å². The van der Waals surface area contributed by atoms with Crippen molar-refractivity contribution in [1.29, 1.82) is 0 Å². The summed E-state index contributed by atoms with van der Waals surface area (Å²) in [4.78, 5) is 14.1. The molecule has 2 atom stereocenters. The Labute approximate surface area is 154 Å². The monoisotopic (exact) mass is 372 g/mol. The van der Waals surface area contributed by atoms with Crippen molar-refractivity contribution in [1.82, 2.24) is 14.9 Å². The number of fused-ring (bicyclic) bond motifs is 4. The third kappa shape index (κ3) is 3.73. The lowest BCUT2D eigenvalue weighted by Gasteiger charge is -2.36. The molecule has 2 aromatic rings. The van der Waals surface area contributed by atoms with Crippen LogP contribution in [0.5, 0.6) is 0 Å². The van der Waals surface area contributed by atoms with Crippen LogP contribution in [0.15, 0.2) is 47.6 Å². The molecule has 3 fully saturated rings. The van der Waals surface area contributed by atoms with Crippen molar-refractivity contribution in [2.75, 3.05) is 30.8 Å². The Bertz CT molecular complexity index is 855.